The summed E-state index contributed by atoms with van der Waals surface area (Å²) in [6, 6.07) is 26.3. The smallest absolute Gasteiger partial charge is 0.243 e. The van der Waals surface area contributed by atoms with Crippen LogP contribution in [-0.4, -0.2) is 89.7 Å². The average Bonchev–Trinajstić information content (AvgIpc) is 3.29. The molecule has 0 spiro atoms. The molecule has 64 heavy (non-hydrogen) atoms. The van der Waals surface area contributed by atoms with Gasteiger partial charge in [-0.1, -0.05) is 97.1 Å². The SMILES string of the molecule is NC(N)=NCCC[C@H](NC(=O)C(Cc1ccccc1)NC(=O)[C@@H](Cc1ccccc1)NC(=O)CCC(=O)N1C/C(=C\c2ccccc2F)C(=O)C(Cc2ccccc2F)C1)C(=O)CCl. The summed E-state index contributed by atoms with van der Waals surface area (Å²) in [7, 11) is 0. The van der Waals surface area contributed by atoms with Gasteiger partial charge in [0.05, 0.1) is 11.9 Å². The number of amides is 4. The number of alkyl halides is 1. The van der Waals surface area contributed by atoms with E-state index in [0.717, 1.165) is 0 Å². The lowest BCUT2D eigenvalue weighted by molar-refractivity contribution is -0.137. The highest BCUT2D eigenvalue weighted by Crippen LogP contribution is 2.26. The summed E-state index contributed by atoms with van der Waals surface area (Å²) in [6.07, 6.45) is 1.33. The zero-order chi connectivity index (χ0) is 46.0. The van der Waals surface area contributed by atoms with E-state index >= 15 is 0 Å². The van der Waals surface area contributed by atoms with E-state index in [-0.39, 0.29) is 92.5 Å². The number of halogens is 3. The van der Waals surface area contributed by atoms with Gasteiger partial charge in [0.2, 0.25) is 23.6 Å². The molecule has 2 unspecified atom stereocenters. The fourth-order valence-corrected chi connectivity index (χ4v) is 7.54. The molecule has 13 nitrogen and oxygen atoms in total. The molecule has 0 aromatic heterocycles. The predicted molar refractivity (Wildman–Crippen MR) is 241 cm³/mol. The monoisotopic (exact) mass is 895 g/mol. The van der Waals surface area contributed by atoms with Crippen molar-refractivity contribution in [3.63, 3.8) is 0 Å². The van der Waals surface area contributed by atoms with E-state index in [9.17, 15) is 37.5 Å². The molecule has 4 aromatic rings. The fraction of sp³-hybridized carbons (Fsp3) is 0.312. The number of benzene rings is 4. The molecule has 16 heteroatoms. The van der Waals surface area contributed by atoms with E-state index in [1.165, 1.54) is 41.3 Å². The lowest BCUT2D eigenvalue weighted by atomic mass is 9.86. The number of guanidine groups is 1. The van der Waals surface area contributed by atoms with Gasteiger partial charge in [0, 0.05) is 62.4 Å². The van der Waals surface area contributed by atoms with E-state index in [2.05, 4.69) is 20.9 Å². The Morgan fingerprint density at radius 1 is 0.750 bits per heavy atom. The third-order valence-corrected chi connectivity index (χ3v) is 11.0. The molecule has 1 heterocycles. The Bertz CT molecular complexity index is 2330. The van der Waals surface area contributed by atoms with Crippen LogP contribution in [0.4, 0.5) is 8.78 Å². The summed E-state index contributed by atoms with van der Waals surface area (Å²) in [6.45, 7) is 0.000844. The number of Topliss-reactive ketones (excluding diaryl/α,β-unsaturated/α-hetero) is 2. The van der Waals surface area contributed by atoms with Crippen molar-refractivity contribution >= 4 is 58.8 Å². The van der Waals surface area contributed by atoms with Gasteiger partial charge < -0.3 is 32.3 Å². The molecule has 1 aliphatic heterocycles. The fourth-order valence-electron chi connectivity index (χ4n) is 7.35. The minimum absolute atomic E-state index is 0.00689. The van der Waals surface area contributed by atoms with Crippen molar-refractivity contribution in [2.24, 2.45) is 22.4 Å². The molecule has 1 aliphatic rings. The summed E-state index contributed by atoms with van der Waals surface area (Å²) in [5.74, 6) is -5.64. The molecule has 4 atom stereocenters. The van der Waals surface area contributed by atoms with Crippen LogP contribution in [-0.2, 0) is 48.0 Å². The first-order valence-electron chi connectivity index (χ1n) is 20.9. The number of nitrogens with two attached hydrogens (primary N) is 2. The van der Waals surface area contributed by atoms with Crippen molar-refractivity contribution in [2.45, 2.75) is 63.1 Å². The van der Waals surface area contributed by atoms with E-state index in [1.807, 2.05) is 0 Å². The maximum atomic E-state index is 14.7. The molecule has 1 saturated heterocycles. The average molecular weight is 896 g/mol. The Kier molecular flexibility index (Phi) is 18.3. The highest BCUT2D eigenvalue weighted by atomic mass is 35.5. The third-order valence-electron chi connectivity index (χ3n) is 10.7. The van der Waals surface area contributed by atoms with Crippen molar-refractivity contribution in [3.05, 3.63) is 149 Å². The predicted octanol–water partition coefficient (Wildman–Crippen LogP) is 4.20. The zero-order valence-electron chi connectivity index (χ0n) is 35.2. The van der Waals surface area contributed by atoms with Crippen molar-refractivity contribution < 1.29 is 37.5 Å². The maximum Gasteiger partial charge on any atom is 0.243 e. The number of piperidine rings is 1. The van der Waals surface area contributed by atoms with Gasteiger partial charge in [0.1, 0.15) is 23.7 Å². The number of hydrogen-bond donors (Lipinski definition) is 5. The molecular weight excluding hydrogens is 844 g/mol. The number of carbonyl (C=O) groups is 6. The summed E-state index contributed by atoms with van der Waals surface area (Å²) >= 11 is 5.89. The molecule has 4 amide bonds. The topological polar surface area (TPSA) is 206 Å². The second-order valence-electron chi connectivity index (χ2n) is 15.5. The lowest BCUT2D eigenvalue weighted by Gasteiger charge is -2.34. The number of nitrogens with one attached hydrogen (secondary N) is 3. The number of aliphatic imine (C=N–C) groups is 1. The molecule has 0 aliphatic carbocycles. The van der Waals surface area contributed by atoms with Gasteiger partial charge in [0.25, 0.3) is 0 Å². The maximum absolute atomic E-state index is 14.7. The number of carbonyl (C=O) groups excluding carboxylic acids is 6. The van der Waals surface area contributed by atoms with Crippen molar-refractivity contribution in [1.82, 2.24) is 20.9 Å². The van der Waals surface area contributed by atoms with E-state index in [0.29, 0.717) is 17.5 Å². The van der Waals surface area contributed by atoms with Crippen LogP contribution >= 0.6 is 11.6 Å². The van der Waals surface area contributed by atoms with Gasteiger partial charge in [0.15, 0.2) is 17.5 Å². The highest BCUT2D eigenvalue weighted by molar-refractivity contribution is 6.28. The number of likely N-dealkylation sites (tertiary alicyclic amines) is 1. The summed E-state index contributed by atoms with van der Waals surface area (Å²) in [5.41, 5.74) is 12.8. The van der Waals surface area contributed by atoms with Crippen molar-refractivity contribution in [1.29, 1.82) is 0 Å². The van der Waals surface area contributed by atoms with Crippen LogP contribution in [0.15, 0.2) is 120 Å². The molecule has 1 fully saturated rings. The Hall–Kier alpha value is -6.74. The van der Waals surface area contributed by atoms with Crippen molar-refractivity contribution in [3.8, 4) is 0 Å². The molecular formula is C48H52ClF2N7O6. The van der Waals surface area contributed by atoms with Crippen LogP contribution in [0.1, 0.15) is 47.9 Å². The molecule has 0 bridgehead atoms. The first kappa shape index (κ1) is 48.3. The Morgan fingerprint density at radius 3 is 1.91 bits per heavy atom. The first-order valence-corrected chi connectivity index (χ1v) is 21.5. The van der Waals surface area contributed by atoms with Gasteiger partial charge in [-0.05, 0) is 54.2 Å². The number of ketones is 2. The number of rotatable bonds is 21. The van der Waals surface area contributed by atoms with E-state index in [1.54, 1.807) is 78.9 Å². The van der Waals surface area contributed by atoms with Crippen LogP contribution in [0.25, 0.3) is 6.08 Å². The number of hydrogen-bond acceptors (Lipinski definition) is 7. The normalized spacial score (nSPS) is 15.7. The quantitative estimate of drug-likeness (QED) is 0.0269. The number of nitrogens with zero attached hydrogens (tertiary/aromatic N) is 2. The van der Waals surface area contributed by atoms with E-state index < -0.39 is 65.1 Å². The summed E-state index contributed by atoms with van der Waals surface area (Å²) in [4.78, 5) is 87.4. The summed E-state index contributed by atoms with van der Waals surface area (Å²) < 4.78 is 29.4. The second kappa shape index (κ2) is 24.2. The molecule has 4 aromatic carbocycles. The van der Waals surface area contributed by atoms with Crippen LogP contribution in [0.2, 0.25) is 0 Å². The molecule has 5 rings (SSSR count). The van der Waals surface area contributed by atoms with Crippen LogP contribution in [0.5, 0.6) is 0 Å². The minimum atomic E-state index is -1.20. The lowest BCUT2D eigenvalue weighted by Crippen LogP contribution is -2.57. The molecule has 0 radical (unpaired) electrons. The highest BCUT2D eigenvalue weighted by Gasteiger charge is 2.35. The standard InChI is InChI=1S/C48H52ClF2N7O6/c49-28-42(59)39(20-11-23-54-48(52)53)56-47(64)41(25-32-14-5-2-6-15-32)57-46(63)40(24-31-12-3-1-4-13-31)55-43(60)21-22-44(61)58-29-35(26-33-16-7-9-18-37(33)50)45(62)36(30-58)27-34-17-8-10-19-38(34)51/h1-10,12-19,26,36,39-41H,11,20-25,27-30H2,(H,55,60)(H,56,64)(H,57,63)(H4,52,53,54)/b35-26+/t36?,39-,40+,41?/m0/s1. The van der Waals surface area contributed by atoms with Crippen LogP contribution in [0, 0.1) is 17.6 Å². The molecule has 336 valence electrons. The van der Waals surface area contributed by atoms with Crippen LogP contribution in [0.3, 0.4) is 0 Å². The third kappa shape index (κ3) is 14.7. The van der Waals surface area contributed by atoms with Gasteiger partial charge in [-0.15, -0.1) is 11.6 Å². The zero-order valence-corrected chi connectivity index (χ0v) is 35.9. The van der Waals surface area contributed by atoms with E-state index in [4.69, 9.17) is 23.1 Å². The molecule has 0 saturated carbocycles. The summed E-state index contributed by atoms with van der Waals surface area (Å²) in [5, 5.41) is 8.25. The Morgan fingerprint density at radius 2 is 1.31 bits per heavy atom. The molecule has 7 N–H and O–H groups in total. The van der Waals surface area contributed by atoms with Gasteiger partial charge in [-0.3, -0.25) is 33.8 Å². The second-order valence-corrected chi connectivity index (χ2v) is 15.8. The van der Waals surface area contributed by atoms with Gasteiger partial charge in [-0.2, -0.15) is 0 Å². The first-order chi connectivity index (χ1) is 30.8. The van der Waals surface area contributed by atoms with Gasteiger partial charge in [-0.25, -0.2) is 8.78 Å². The van der Waals surface area contributed by atoms with Crippen LogP contribution < -0.4 is 27.4 Å². The van der Waals surface area contributed by atoms with Crippen molar-refractivity contribution in [2.75, 3.05) is 25.5 Å². The largest absolute Gasteiger partial charge is 0.370 e. The Balaban J connectivity index is 1.31. The minimum Gasteiger partial charge on any atom is -0.370 e. The van der Waals surface area contributed by atoms with Gasteiger partial charge >= 0.3 is 0 Å². The Labute approximate surface area is 375 Å².